The molecule has 138 valence electrons. The van der Waals surface area contributed by atoms with Crippen molar-refractivity contribution in [3.8, 4) is 0 Å². The van der Waals surface area contributed by atoms with Crippen LogP contribution in [0, 0.1) is 12.8 Å². The molecule has 0 N–H and O–H groups in total. The summed E-state index contributed by atoms with van der Waals surface area (Å²) in [5.41, 5.74) is 6.24. The number of nitrogens with zero attached hydrogens (tertiary/aromatic N) is 1. The number of hydrogen-bond donors (Lipinski definition) is 1. The van der Waals surface area contributed by atoms with Crippen LogP contribution in [0.15, 0.2) is 60.8 Å². The van der Waals surface area contributed by atoms with E-state index in [0.717, 1.165) is 24.5 Å². The minimum Gasteiger partial charge on any atom is -0.256 e. The third-order valence-corrected chi connectivity index (χ3v) is 4.73. The normalized spacial score (nSPS) is 15.5. The van der Waals surface area contributed by atoms with E-state index in [2.05, 4.69) is 86.1 Å². The van der Waals surface area contributed by atoms with Gasteiger partial charge in [0.05, 0.1) is 5.69 Å². The SMILES string of the molecule is CCC1CC1.CS.Cc1ccc(C2=CC(c3ccccc3)=CCC2)nc1. The number of aromatic nitrogens is 1. The van der Waals surface area contributed by atoms with E-state index in [1.165, 1.54) is 41.5 Å². The van der Waals surface area contributed by atoms with Gasteiger partial charge in [-0.05, 0) is 66.4 Å². The Morgan fingerprint density at radius 2 is 1.77 bits per heavy atom. The molecule has 1 heterocycles. The van der Waals surface area contributed by atoms with Gasteiger partial charge in [-0.3, -0.25) is 4.98 Å². The van der Waals surface area contributed by atoms with Gasteiger partial charge in [-0.25, -0.2) is 0 Å². The van der Waals surface area contributed by atoms with Crippen LogP contribution in [-0.4, -0.2) is 11.2 Å². The Morgan fingerprint density at radius 3 is 2.31 bits per heavy atom. The van der Waals surface area contributed by atoms with Crippen molar-refractivity contribution in [1.82, 2.24) is 4.98 Å². The molecule has 2 aliphatic carbocycles. The second-order valence-corrected chi connectivity index (χ2v) is 6.81. The van der Waals surface area contributed by atoms with Crippen molar-refractivity contribution >= 4 is 23.8 Å². The molecule has 0 spiro atoms. The van der Waals surface area contributed by atoms with Crippen molar-refractivity contribution in [2.45, 2.75) is 46.0 Å². The van der Waals surface area contributed by atoms with E-state index in [1.54, 1.807) is 6.26 Å². The molecule has 0 unspecified atom stereocenters. The zero-order valence-corrected chi connectivity index (χ0v) is 17.2. The lowest BCUT2D eigenvalue weighted by atomic mass is 9.93. The monoisotopic (exact) mass is 365 g/mol. The molecule has 1 aromatic heterocycles. The van der Waals surface area contributed by atoms with Gasteiger partial charge in [0, 0.05) is 6.20 Å². The van der Waals surface area contributed by atoms with Crippen molar-refractivity contribution in [2.75, 3.05) is 6.26 Å². The van der Waals surface area contributed by atoms with E-state index in [-0.39, 0.29) is 0 Å². The van der Waals surface area contributed by atoms with E-state index in [1.807, 2.05) is 6.20 Å². The largest absolute Gasteiger partial charge is 0.256 e. The maximum Gasteiger partial charge on any atom is 0.0662 e. The fraction of sp³-hybridized carbons (Fsp3) is 0.375. The van der Waals surface area contributed by atoms with Crippen molar-refractivity contribution in [3.05, 3.63) is 77.6 Å². The van der Waals surface area contributed by atoms with Gasteiger partial charge in [0.1, 0.15) is 0 Å². The van der Waals surface area contributed by atoms with E-state index >= 15 is 0 Å². The van der Waals surface area contributed by atoms with E-state index in [0.29, 0.717) is 0 Å². The summed E-state index contributed by atoms with van der Waals surface area (Å²) in [6.07, 6.45) is 14.8. The van der Waals surface area contributed by atoms with Crippen molar-refractivity contribution in [3.63, 3.8) is 0 Å². The quantitative estimate of drug-likeness (QED) is 0.578. The summed E-state index contributed by atoms with van der Waals surface area (Å²) < 4.78 is 0. The first-order valence-corrected chi connectivity index (χ1v) is 10.5. The Labute approximate surface area is 164 Å². The maximum atomic E-state index is 4.53. The van der Waals surface area contributed by atoms with E-state index in [4.69, 9.17) is 0 Å². The molecule has 1 fully saturated rings. The first kappa shape index (κ1) is 20.5. The molecule has 0 aliphatic heterocycles. The Kier molecular flexibility index (Phi) is 8.70. The molecule has 0 bridgehead atoms. The van der Waals surface area contributed by atoms with Gasteiger partial charge < -0.3 is 0 Å². The predicted molar refractivity (Wildman–Crippen MR) is 119 cm³/mol. The van der Waals surface area contributed by atoms with Gasteiger partial charge in [0.15, 0.2) is 0 Å². The Morgan fingerprint density at radius 1 is 1.04 bits per heavy atom. The number of rotatable bonds is 3. The van der Waals surface area contributed by atoms with Crippen LogP contribution in [0.2, 0.25) is 0 Å². The van der Waals surface area contributed by atoms with Crippen LogP contribution >= 0.6 is 12.6 Å². The van der Waals surface area contributed by atoms with E-state index < -0.39 is 0 Å². The second-order valence-electron chi connectivity index (χ2n) is 6.81. The number of thiol groups is 1. The number of pyridine rings is 1. The lowest BCUT2D eigenvalue weighted by molar-refractivity contribution is 0.799. The first-order chi connectivity index (χ1) is 12.8. The fourth-order valence-corrected chi connectivity index (χ4v) is 2.92. The fourth-order valence-electron chi connectivity index (χ4n) is 2.92. The molecule has 2 aliphatic rings. The Hall–Kier alpha value is -1.80. The molecule has 0 amide bonds. The highest BCUT2D eigenvalue weighted by Crippen LogP contribution is 2.31. The highest BCUT2D eigenvalue weighted by molar-refractivity contribution is 7.79. The summed E-state index contributed by atoms with van der Waals surface area (Å²) in [7, 11) is 0. The molecule has 0 radical (unpaired) electrons. The molecule has 1 aromatic carbocycles. The smallest absolute Gasteiger partial charge is 0.0662 e. The number of aryl methyl sites for hydroxylation is 1. The summed E-state index contributed by atoms with van der Waals surface area (Å²) >= 11 is 3.53. The minimum atomic E-state index is 1.08. The van der Waals surface area contributed by atoms with Gasteiger partial charge in [0.2, 0.25) is 0 Å². The summed E-state index contributed by atoms with van der Waals surface area (Å²) in [5, 5.41) is 0. The molecule has 0 atom stereocenters. The van der Waals surface area contributed by atoms with Crippen molar-refractivity contribution < 1.29 is 0 Å². The average molecular weight is 366 g/mol. The van der Waals surface area contributed by atoms with Gasteiger partial charge in [-0.15, -0.1) is 0 Å². The highest BCUT2D eigenvalue weighted by atomic mass is 32.1. The molecule has 4 rings (SSSR count). The minimum absolute atomic E-state index is 1.08. The number of hydrogen-bond acceptors (Lipinski definition) is 2. The maximum absolute atomic E-state index is 4.53. The standard InChI is InChI=1S/C18H17N.C5H10.CH4S/c1-14-10-11-18(19-13-14)17-9-5-8-16(12-17)15-6-3-2-4-7-15;1-2-5-3-4-5;1-2/h2-4,6-8,10-13H,5,9H2,1H3;5H,2-4H2,1H3;2H,1H3. The third-order valence-electron chi connectivity index (χ3n) is 4.73. The topological polar surface area (TPSA) is 12.9 Å². The Bertz CT molecular complexity index is 710. The van der Waals surface area contributed by atoms with Crippen LogP contribution in [0.4, 0.5) is 0 Å². The molecule has 26 heavy (non-hydrogen) atoms. The molecule has 2 heteroatoms. The first-order valence-electron chi connectivity index (χ1n) is 9.60. The molecular weight excluding hydrogens is 334 g/mol. The summed E-state index contributed by atoms with van der Waals surface area (Å²) in [6.45, 7) is 4.33. The molecular formula is C24H31NS. The lowest BCUT2D eigenvalue weighted by Gasteiger charge is -2.14. The Balaban J connectivity index is 0.000000295. The zero-order chi connectivity index (χ0) is 18.8. The predicted octanol–water partition coefficient (Wildman–Crippen LogP) is 7.00. The second kappa shape index (κ2) is 11.0. The van der Waals surface area contributed by atoms with Crippen LogP contribution in [0.25, 0.3) is 11.1 Å². The van der Waals surface area contributed by atoms with Crippen LogP contribution in [0.3, 0.4) is 0 Å². The van der Waals surface area contributed by atoms with Crippen LogP contribution in [0.1, 0.15) is 55.8 Å². The molecule has 0 saturated heterocycles. The number of allylic oxidation sites excluding steroid dienone is 4. The van der Waals surface area contributed by atoms with Gasteiger partial charge >= 0.3 is 0 Å². The molecule has 1 saturated carbocycles. The highest BCUT2D eigenvalue weighted by Gasteiger charge is 2.17. The third kappa shape index (κ3) is 6.49. The van der Waals surface area contributed by atoms with Gasteiger partial charge in [-0.2, -0.15) is 12.6 Å². The summed E-state index contributed by atoms with van der Waals surface area (Å²) in [4.78, 5) is 4.53. The van der Waals surface area contributed by atoms with Crippen molar-refractivity contribution in [1.29, 1.82) is 0 Å². The van der Waals surface area contributed by atoms with E-state index in [9.17, 15) is 0 Å². The van der Waals surface area contributed by atoms with Gasteiger partial charge in [0.25, 0.3) is 0 Å². The molecule has 2 aromatic rings. The van der Waals surface area contributed by atoms with Gasteiger partial charge in [-0.1, -0.05) is 68.7 Å². The zero-order valence-electron chi connectivity index (χ0n) is 16.3. The number of benzene rings is 1. The molecule has 1 nitrogen and oxygen atoms in total. The van der Waals surface area contributed by atoms with Crippen LogP contribution in [-0.2, 0) is 0 Å². The van der Waals surface area contributed by atoms with Crippen molar-refractivity contribution in [2.24, 2.45) is 5.92 Å². The average Bonchev–Trinajstić information content (AvgIpc) is 3.56. The summed E-state index contributed by atoms with van der Waals surface area (Å²) in [6, 6.07) is 14.8. The van der Waals surface area contributed by atoms with Crippen LogP contribution in [0.5, 0.6) is 0 Å². The summed E-state index contributed by atoms with van der Waals surface area (Å²) in [5.74, 6) is 1.13. The van der Waals surface area contributed by atoms with Crippen LogP contribution < -0.4 is 0 Å². The lowest BCUT2D eigenvalue weighted by Crippen LogP contribution is -1.95.